The Morgan fingerprint density at radius 3 is 2.22 bits per heavy atom. The van der Waals surface area contributed by atoms with Gasteiger partial charge in [-0.25, -0.2) is 18.6 Å². The molecule has 10 heteroatoms. The number of halogens is 3. The highest BCUT2D eigenvalue weighted by molar-refractivity contribution is 6.31. The molecule has 0 amide bonds. The summed E-state index contributed by atoms with van der Waals surface area (Å²) in [5.41, 5.74) is -0.661. The topological polar surface area (TPSA) is 89.0 Å². The number of nitrogens with zero attached hydrogens (tertiary/aromatic N) is 2. The van der Waals surface area contributed by atoms with Crippen molar-refractivity contribution in [2.24, 2.45) is 5.41 Å². The predicted octanol–water partition coefficient (Wildman–Crippen LogP) is 6.07. The van der Waals surface area contributed by atoms with Crippen molar-refractivity contribution in [1.82, 2.24) is 4.98 Å². The number of rotatable bonds is 7. The molecule has 0 bridgehead atoms. The second-order valence-electron chi connectivity index (χ2n) is 10.6. The van der Waals surface area contributed by atoms with Gasteiger partial charge in [-0.05, 0) is 56.7 Å². The number of aromatic nitrogens is 1. The van der Waals surface area contributed by atoms with Crippen LogP contribution < -0.4 is 9.64 Å². The standard InChI is InChI=1S/C26H31ClF2N2O5/c1-25(2,3)36-22(24(33)34)19-20(31-9-7-26(4,5)8-10-31)18(17(13-32)30-23(19)27)14-11-15(28)21(35-6)16(29)12-14/h11-13,22H,7-10H2,1-6H3,(H,33,34). The first-order valence-corrected chi connectivity index (χ1v) is 11.9. The van der Waals surface area contributed by atoms with E-state index in [1.807, 2.05) is 4.90 Å². The molecule has 1 aliphatic rings. The summed E-state index contributed by atoms with van der Waals surface area (Å²) in [6.07, 6.45) is 0.391. The fraction of sp³-hybridized carbons (Fsp3) is 0.500. The fourth-order valence-electron chi connectivity index (χ4n) is 4.33. The monoisotopic (exact) mass is 524 g/mol. The van der Waals surface area contributed by atoms with Crippen molar-refractivity contribution in [2.45, 2.75) is 59.2 Å². The van der Waals surface area contributed by atoms with Gasteiger partial charge >= 0.3 is 5.97 Å². The van der Waals surface area contributed by atoms with Crippen molar-refractivity contribution >= 4 is 29.5 Å². The molecule has 0 saturated carbocycles. The Morgan fingerprint density at radius 2 is 1.78 bits per heavy atom. The minimum Gasteiger partial charge on any atom is -0.491 e. The zero-order chi connectivity index (χ0) is 27.0. The summed E-state index contributed by atoms with van der Waals surface area (Å²) in [6.45, 7) is 10.3. The smallest absolute Gasteiger partial charge is 0.337 e. The normalized spacial score (nSPS) is 16.5. The Labute approximate surface area is 214 Å². The van der Waals surface area contributed by atoms with Crippen LogP contribution in [0, 0.1) is 17.0 Å². The van der Waals surface area contributed by atoms with Crippen molar-refractivity contribution < 1.29 is 33.0 Å². The molecule has 1 unspecified atom stereocenters. The number of carboxylic acids is 1. The Kier molecular flexibility index (Phi) is 7.95. The number of carboxylic acid groups (broad SMARTS) is 1. The third-order valence-electron chi connectivity index (χ3n) is 6.18. The lowest BCUT2D eigenvalue weighted by Gasteiger charge is -2.41. The number of methoxy groups -OCH3 is 1. The van der Waals surface area contributed by atoms with Crippen LogP contribution in [0.25, 0.3) is 11.1 Å². The number of aldehydes is 1. The van der Waals surface area contributed by atoms with E-state index in [1.54, 1.807) is 20.8 Å². The third-order valence-corrected chi connectivity index (χ3v) is 6.47. The molecule has 0 aliphatic carbocycles. The molecule has 0 spiro atoms. The number of carbonyl (C=O) groups is 2. The summed E-state index contributed by atoms with van der Waals surface area (Å²) < 4.78 is 40.2. The molecule has 1 N–H and O–H groups in total. The van der Waals surface area contributed by atoms with Crippen molar-refractivity contribution in [2.75, 3.05) is 25.1 Å². The summed E-state index contributed by atoms with van der Waals surface area (Å²) in [5.74, 6) is -3.85. The number of hydrogen-bond donors (Lipinski definition) is 1. The molecule has 1 aromatic carbocycles. The van der Waals surface area contributed by atoms with Gasteiger partial charge in [-0.2, -0.15) is 0 Å². The first-order valence-electron chi connectivity index (χ1n) is 11.6. The van der Waals surface area contributed by atoms with Crippen molar-refractivity contribution in [1.29, 1.82) is 0 Å². The molecular formula is C26H31ClF2N2O5. The van der Waals surface area contributed by atoms with Gasteiger partial charge in [-0.15, -0.1) is 0 Å². The molecule has 3 rings (SSSR count). The number of ether oxygens (including phenoxy) is 2. The van der Waals surface area contributed by atoms with Gasteiger partial charge in [0, 0.05) is 18.7 Å². The zero-order valence-electron chi connectivity index (χ0n) is 21.2. The quantitative estimate of drug-likeness (QED) is 0.347. The van der Waals surface area contributed by atoms with Crippen molar-refractivity contribution in [3.8, 4) is 16.9 Å². The summed E-state index contributed by atoms with van der Waals surface area (Å²) in [4.78, 5) is 30.6. The third kappa shape index (κ3) is 5.78. The number of aliphatic carboxylic acids is 1. The molecule has 36 heavy (non-hydrogen) atoms. The Bertz CT molecular complexity index is 1150. The molecule has 1 atom stereocenters. The van der Waals surface area contributed by atoms with Crippen LogP contribution in [0.15, 0.2) is 12.1 Å². The largest absolute Gasteiger partial charge is 0.491 e. The zero-order valence-corrected chi connectivity index (χ0v) is 22.0. The Balaban J connectivity index is 2.41. The number of carbonyl (C=O) groups excluding carboxylic acids is 1. The molecular weight excluding hydrogens is 494 g/mol. The average Bonchev–Trinajstić information content (AvgIpc) is 2.76. The van der Waals surface area contributed by atoms with E-state index >= 15 is 0 Å². The SMILES string of the molecule is COc1c(F)cc(-c2c(C=O)nc(Cl)c(C(OC(C)(C)C)C(=O)O)c2N2CCC(C)(C)CC2)cc1F. The van der Waals surface area contributed by atoms with Gasteiger partial charge in [0.25, 0.3) is 0 Å². The molecule has 196 valence electrons. The molecule has 1 saturated heterocycles. The van der Waals surface area contributed by atoms with Gasteiger partial charge in [0.05, 0.1) is 24.0 Å². The average molecular weight is 525 g/mol. The second-order valence-corrected chi connectivity index (χ2v) is 11.0. The molecule has 0 radical (unpaired) electrons. The maximum atomic E-state index is 14.8. The highest BCUT2D eigenvalue weighted by Crippen LogP contribution is 2.46. The number of anilines is 1. The van der Waals surface area contributed by atoms with Crippen LogP contribution in [0.4, 0.5) is 14.5 Å². The van der Waals surface area contributed by atoms with E-state index < -0.39 is 35.1 Å². The number of pyridine rings is 1. The lowest BCUT2D eigenvalue weighted by molar-refractivity contribution is -0.160. The summed E-state index contributed by atoms with van der Waals surface area (Å²) >= 11 is 6.52. The maximum Gasteiger partial charge on any atom is 0.337 e. The van der Waals surface area contributed by atoms with Gasteiger partial charge in [-0.1, -0.05) is 25.4 Å². The van der Waals surface area contributed by atoms with E-state index in [2.05, 4.69) is 18.8 Å². The van der Waals surface area contributed by atoms with Gasteiger partial charge in [0.1, 0.15) is 10.8 Å². The Hall–Kier alpha value is -2.78. The summed E-state index contributed by atoms with van der Waals surface area (Å²) in [7, 11) is 1.14. The number of piperidine rings is 1. The van der Waals surface area contributed by atoms with E-state index in [0.29, 0.717) is 19.4 Å². The van der Waals surface area contributed by atoms with E-state index in [4.69, 9.17) is 21.1 Å². The maximum absolute atomic E-state index is 14.8. The van der Waals surface area contributed by atoms with Crippen LogP contribution in [0.2, 0.25) is 5.15 Å². The van der Waals surface area contributed by atoms with Crippen LogP contribution in [-0.2, 0) is 9.53 Å². The minimum absolute atomic E-state index is 0.00181. The molecule has 7 nitrogen and oxygen atoms in total. The van der Waals surface area contributed by atoms with E-state index in [1.165, 1.54) is 0 Å². The molecule has 2 aromatic rings. The van der Waals surface area contributed by atoms with Gasteiger partial charge in [-0.3, -0.25) is 4.79 Å². The van der Waals surface area contributed by atoms with Gasteiger partial charge < -0.3 is 19.5 Å². The lowest BCUT2D eigenvalue weighted by atomic mass is 9.82. The summed E-state index contributed by atoms with van der Waals surface area (Å²) in [5, 5.41) is 9.90. The van der Waals surface area contributed by atoms with Gasteiger partial charge in [0.2, 0.25) is 0 Å². The Morgan fingerprint density at radius 1 is 1.22 bits per heavy atom. The van der Waals surface area contributed by atoms with Crippen molar-refractivity contribution in [3.05, 3.63) is 40.2 Å². The van der Waals surface area contributed by atoms with Crippen LogP contribution in [-0.4, -0.2) is 48.1 Å². The molecule has 1 fully saturated rings. The summed E-state index contributed by atoms with van der Waals surface area (Å²) in [6, 6.07) is 2.06. The van der Waals surface area contributed by atoms with Crippen LogP contribution >= 0.6 is 11.6 Å². The fourth-order valence-corrected chi connectivity index (χ4v) is 4.61. The lowest BCUT2D eigenvalue weighted by Crippen LogP contribution is -2.39. The van der Waals surface area contributed by atoms with Crippen LogP contribution in [0.3, 0.4) is 0 Å². The predicted molar refractivity (Wildman–Crippen MR) is 133 cm³/mol. The van der Waals surface area contributed by atoms with Crippen LogP contribution in [0.5, 0.6) is 5.75 Å². The molecule has 1 aliphatic heterocycles. The molecule has 1 aromatic heterocycles. The van der Waals surface area contributed by atoms with Crippen LogP contribution in [0.1, 0.15) is 69.6 Å². The minimum atomic E-state index is -1.55. The highest BCUT2D eigenvalue weighted by atomic mass is 35.5. The number of hydrogen-bond acceptors (Lipinski definition) is 6. The number of benzene rings is 1. The van der Waals surface area contributed by atoms with Crippen molar-refractivity contribution in [3.63, 3.8) is 0 Å². The first kappa shape index (κ1) is 27.8. The first-order chi connectivity index (χ1) is 16.7. The highest BCUT2D eigenvalue weighted by Gasteiger charge is 2.37. The second kappa shape index (κ2) is 10.3. The van der Waals surface area contributed by atoms with E-state index in [0.717, 1.165) is 32.1 Å². The molecule has 2 heterocycles. The van der Waals surface area contributed by atoms with E-state index in [-0.39, 0.29) is 38.6 Å². The van der Waals surface area contributed by atoms with Gasteiger partial charge in [0.15, 0.2) is 29.8 Å². The van der Waals surface area contributed by atoms with E-state index in [9.17, 15) is 23.5 Å².